The third-order valence-electron chi connectivity index (χ3n) is 1.57. The Kier molecular flexibility index (Phi) is 4.24. The monoisotopic (exact) mass is 249 g/mol. The Morgan fingerprint density at radius 2 is 1.75 bits per heavy atom. The average Bonchev–Trinajstić information content (AvgIpc) is 1.86. The van der Waals surface area contributed by atoms with Gasteiger partial charge in [-0.25, -0.2) is 0 Å². The first-order valence-corrected chi connectivity index (χ1v) is 4.35. The summed E-state index contributed by atoms with van der Waals surface area (Å²) < 4.78 is 1.08. The highest BCUT2D eigenvalue weighted by Crippen LogP contribution is 2.25. The molecule has 1 nitrogen and oxygen atoms in total. The molecule has 1 rings (SSSR count). The summed E-state index contributed by atoms with van der Waals surface area (Å²) >= 11 is 3.45. The van der Waals surface area contributed by atoms with E-state index in [1.807, 2.05) is 38.1 Å². The Morgan fingerprint density at radius 3 is 2.08 bits per heavy atom. The number of hydrogen-bond donors (Lipinski definition) is 1. The molecule has 3 heteroatoms. The van der Waals surface area contributed by atoms with Gasteiger partial charge in [-0.3, -0.25) is 0 Å². The molecule has 1 aromatic carbocycles. The first kappa shape index (κ1) is 11.9. The second-order valence-corrected chi connectivity index (χ2v) is 4.06. The predicted octanol–water partition coefficient (Wildman–Crippen LogP) is 3.06. The molecule has 2 N–H and O–H groups in total. The van der Waals surface area contributed by atoms with E-state index in [0.29, 0.717) is 0 Å². The van der Waals surface area contributed by atoms with Crippen LogP contribution in [0.15, 0.2) is 28.7 Å². The van der Waals surface area contributed by atoms with E-state index in [2.05, 4.69) is 15.9 Å². The quantitative estimate of drug-likeness (QED) is 0.814. The molecule has 0 aliphatic rings. The molecule has 0 atom stereocenters. The summed E-state index contributed by atoms with van der Waals surface area (Å²) in [5.74, 6) is 0. The van der Waals surface area contributed by atoms with E-state index < -0.39 is 0 Å². The van der Waals surface area contributed by atoms with Crippen LogP contribution in [0.5, 0.6) is 0 Å². The van der Waals surface area contributed by atoms with E-state index in [1.54, 1.807) is 0 Å². The number of nitrogens with two attached hydrogens (primary N) is 1. The van der Waals surface area contributed by atoms with Crippen molar-refractivity contribution in [1.82, 2.24) is 0 Å². The van der Waals surface area contributed by atoms with Gasteiger partial charge in [0.2, 0.25) is 0 Å². The molecule has 0 aromatic heterocycles. The fraction of sp³-hybridized carbons (Fsp3) is 0.333. The van der Waals surface area contributed by atoms with Crippen LogP contribution in [0.1, 0.15) is 19.4 Å². The van der Waals surface area contributed by atoms with Gasteiger partial charge < -0.3 is 5.73 Å². The van der Waals surface area contributed by atoms with Crippen molar-refractivity contribution < 1.29 is 0 Å². The highest BCUT2D eigenvalue weighted by atomic mass is 79.9. The third-order valence-corrected chi connectivity index (χ3v) is 2.26. The molecule has 12 heavy (non-hydrogen) atoms. The van der Waals surface area contributed by atoms with Gasteiger partial charge in [-0.1, -0.05) is 34.1 Å². The highest BCUT2D eigenvalue weighted by Gasteiger charge is 2.15. The molecule has 0 aliphatic heterocycles. The summed E-state index contributed by atoms with van der Waals surface area (Å²) in [6, 6.07) is 8.02. The second kappa shape index (κ2) is 4.26. The zero-order chi connectivity index (χ0) is 8.48. The molecule has 1 aromatic rings. The van der Waals surface area contributed by atoms with Crippen LogP contribution in [-0.2, 0) is 5.54 Å². The molecule has 0 radical (unpaired) electrons. The van der Waals surface area contributed by atoms with Gasteiger partial charge in [0.15, 0.2) is 0 Å². The summed E-state index contributed by atoms with van der Waals surface area (Å²) in [6.07, 6.45) is 0. The summed E-state index contributed by atoms with van der Waals surface area (Å²) in [5.41, 5.74) is 6.80. The van der Waals surface area contributed by atoms with E-state index in [0.717, 1.165) is 10.0 Å². The van der Waals surface area contributed by atoms with Crippen LogP contribution < -0.4 is 5.73 Å². The maximum absolute atomic E-state index is 5.93. The summed E-state index contributed by atoms with van der Waals surface area (Å²) in [5, 5.41) is 0. The molecular formula is C9H13BrClN. The molecule has 68 valence electrons. The minimum atomic E-state index is -0.264. The van der Waals surface area contributed by atoms with Gasteiger partial charge in [-0.15, -0.1) is 12.4 Å². The summed E-state index contributed by atoms with van der Waals surface area (Å²) in [6.45, 7) is 3.99. The van der Waals surface area contributed by atoms with Crippen molar-refractivity contribution in [2.24, 2.45) is 5.73 Å². The smallest absolute Gasteiger partial charge is 0.0363 e. The lowest BCUT2D eigenvalue weighted by Gasteiger charge is -2.20. The van der Waals surface area contributed by atoms with Gasteiger partial charge in [0.25, 0.3) is 0 Å². The Bertz CT molecular complexity index is 255. The minimum Gasteiger partial charge on any atom is -0.322 e. The van der Waals surface area contributed by atoms with Crippen LogP contribution in [0.2, 0.25) is 0 Å². The van der Waals surface area contributed by atoms with Crippen LogP contribution in [0.3, 0.4) is 0 Å². The van der Waals surface area contributed by atoms with Gasteiger partial charge in [-0.2, -0.15) is 0 Å². The minimum absolute atomic E-state index is 0. The molecule has 0 bridgehead atoms. The van der Waals surface area contributed by atoms with Crippen LogP contribution in [0.25, 0.3) is 0 Å². The molecule has 0 aliphatic carbocycles. The molecule has 0 amide bonds. The fourth-order valence-corrected chi connectivity index (χ4v) is 1.78. The lowest BCUT2D eigenvalue weighted by Crippen LogP contribution is -2.28. The maximum atomic E-state index is 5.93. The fourth-order valence-electron chi connectivity index (χ4n) is 0.984. The standard InChI is InChI=1S/C9H12BrN.ClH/c1-9(2,11)7-5-3-4-6-8(7)10;/h3-6H,11H2,1-2H3;1H. The zero-order valence-electron chi connectivity index (χ0n) is 7.17. The lowest BCUT2D eigenvalue weighted by molar-refractivity contribution is 0.551. The van der Waals surface area contributed by atoms with Crippen LogP contribution in [-0.4, -0.2) is 0 Å². The molecule has 0 saturated carbocycles. The Hall–Kier alpha value is -0.0500. The normalized spacial score (nSPS) is 10.7. The van der Waals surface area contributed by atoms with Crippen molar-refractivity contribution in [3.63, 3.8) is 0 Å². The van der Waals surface area contributed by atoms with Crippen molar-refractivity contribution in [1.29, 1.82) is 0 Å². The van der Waals surface area contributed by atoms with E-state index in [4.69, 9.17) is 5.73 Å². The average molecular weight is 251 g/mol. The predicted molar refractivity (Wildman–Crippen MR) is 58.6 cm³/mol. The van der Waals surface area contributed by atoms with Crippen molar-refractivity contribution in [2.45, 2.75) is 19.4 Å². The van der Waals surface area contributed by atoms with Crippen molar-refractivity contribution >= 4 is 28.3 Å². The first-order chi connectivity index (χ1) is 5.02. The van der Waals surface area contributed by atoms with E-state index in [1.165, 1.54) is 0 Å². The second-order valence-electron chi connectivity index (χ2n) is 3.20. The Balaban J connectivity index is 0.00000121. The van der Waals surface area contributed by atoms with Crippen LogP contribution in [0.4, 0.5) is 0 Å². The molecule has 0 heterocycles. The number of hydrogen-bond acceptors (Lipinski definition) is 1. The molecule has 0 fully saturated rings. The van der Waals surface area contributed by atoms with Crippen molar-refractivity contribution in [2.75, 3.05) is 0 Å². The van der Waals surface area contributed by atoms with E-state index >= 15 is 0 Å². The van der Waals surface area contributed by atoms with E-state index in [9.17, 15) is 0 Å². The Labute approximate surface area is 87.9 Å². The van der Waals surface area contributed by atoms with Crippen molar-refractivity contribution in [3.05, 3.63) is 34.3 Å². The maximum Gasteiger partial charge on any atom is 0.0363 e. The summed E-state index contributed by atoms with van der Waals surface area (Å²) in [7, 11) is 0. The van der Waals surface area contributed by atoms with E-state index in [-0.39, 0.29) is 17.9 Å². The molecular weight excluding hydrogens is 237 g/mol. The number of halogens is 2. The van der Waals surface area contributed by atoms with Gasteiger partial charge >= 0.3 is 0 Å². The van der Waals surface area contributed by atoms with Gasteiger partial charge in [-0.05, 0) is 25.5 Å². The SMILES string of the molecule is CC(C)(N)c1ccccc1Br.Cl. The molecule has 0 saturated heterocycles. The van der Waals surface area contributed by atoms with Gasteiger partial charge in [0, 0.05) is 10.0 Å². The first-order valence-electron chi connectivity index (χ1n) is 3.56. The number of rotatable bonds is 1. The van der Waals surface area contributed by atoms with Crippen LogP contribution >= 0.6 is 28.3 Å². The van der Waals surface area contributed by atoms with Gasteiger partial charge in [0.1, 0.15) is 0 Å². The van der Waals surface area contributed by atoms with Gasteiger partial charge in [0.05, 0.1) is 0 Å². The third kappa shape index (κ3) is 2.77. The highest BCUT2D eigenvalue weighted by molar-refractivity contribution is 9.10. The van der Waals surface area contributed by atoms with Crippen LogP contribution in [0, 0.1) is 0 Å². The number of benzene rings is 1. The van der Waals surface area contributed by atoms with Crippen molar-refractivity contribution in [3.8, 4) is 0 Å². The molecule has 0 spiro atoms. The largest absolute Gasteiger partial charge is 0.322 e. The topological polar surface area (TPSA) is 26.0 Å². The Morgan fingerprint density at radius 1 is 1.25 bits per heavy atom. The summed E-state index contributed by atoms with van der Waals surface area (Å²) in [4.78, 5) is 0. The molecule has 0 unspecified atom stereocenters. The lowest BCUT2D eigenvalue weighted by atomic mass is 9.96. The zero-order valence-corrected chi connectivity index (χ0v) is 9.58.